The molecule has 0 atom stereocenters. The topological polar surface area (TPSA) is 69.4 Å². The van der Waals surface area contributed by atoms with Crippen LogP contribution in [0.3, 0.4) is 0 Å². The van der Waals surface area contributed by atoms with Gasteiger partial charge >= 0.3 is 5.69 Å². The molecule has 0 amide bonds. The van der Waals surface area contributed by atoms with Crippen LogP contribution < -0.4 is 4.74 Å². The molecule has 1 fully saturated rings. The van der Waals surface area contributed by atoms with E-state index in [9.17, 15) is 19.3 Å². The van der Waals surface area contributed by atoms with Crippen molar-refractivity contribution < 1.29 is 18.8 Å². The van der Waals surface area contributed by atoms with E-state index in [1.54, 1.807) is 0 Å². The minimum absolute atomic E-state index is 0.0163. The van der Waals surface area contributed by atoms with E-state index >= 15 is 0 Å². The third kappa shape index (κ3) is 2.77. The number of rotatable bonds is 5. The summed E-state index contributed by atoms with van der Waals surface area (Å²) in [6.45, 7) is -0.241. The second-order valence-corrected chi connectivity index (χ2v) is 3.90. The van der Waals surface area contributed by atoms with Crippen LogP contribution in [0.15, 0.2) is 18.2 Å². The number of nitro groups is 1. The van der Waals surface area contributed by atoms with Gasteiger partial charge in [-0.2, -0.15) is 0 Å². The maximum Gasteiger partial charge on any atom is 0.311 e. The first-order valence-electron chi connectivity index (χ1n) is 5.17. The highest BCUT2D eigenvalue weighted by Gasteiger charge is 2.30. The molecule has 0 bridgehead atoms. The summed E-state index contributed by atoms with van der Waals surface area (Å²) in [4.78, 5) is 21.3. The van der Waals surface area contributed by atoms with Crippen LogP contribution in [0.4, 0.5) is 10.1 Å². The van der Waals surface area contributed by atoms with Crippen molar-refractivity contribution in [1.29, 1.82) is 0 Å². The lowest BCUT2D eigenvalue weighted by molar-refractivity contribution is -0.385. The molecule has 1 aromatic carbocycles. The van der Waals surface area contributed by atoms with Crippen molar-refractivity contribution in [3.05, 3.63) is 34.1 Å². The first-order chi connectivity index (χ1) is 8.08. The second kappa shape index (κ2) is 4.48. The number of ether oxygens (including phenoxy) is 1. The summed E-state index contributed by atoms with van der Waals surface area (Å²) in [6.07, 6.45) is 1.68. The Morgan fingerprint density at radius 2 is 2.24 bits per heavy atom. The van der Waals surface area contributed by atoms with Crippen molar-refractivity contribution in [3.8, 4) is 5.75 Å². The molecule has 0 saturated heterocycles. The molecule has 6 heteroatoms. The number of benzene rings is 1. The Bertz CT molecular complexity index is 471. The normalized spacial score (nSPS) is 14.4. The van der Waals surface area contributed by atoms with E-state index in [1.807, 2.05) is 0 Å². The molecule has 0 N–H and O–H groups in total. The van der Waals surface area contributed by atoms with E-state index in [1.165, 1.54) is 0 Å². The average molecular weight is 239 g/mol. The number of ketones is 1. The van der Waals surface area contributed by atoms with Gasteiger partial charge in [0.05, 0.1) is 4.92 Å². The van der Waals surface area contributed by atoms with E-state index in [4.69, 9.17) is 4.74 Å². The lowest BCUT2D eigenvalue weighted by Crippen LogP contribution is -2.13. The highest BCUT2D eigenvalue weighted by Crippen LogP contribution is 2.31. The van der Waals surface area contributed by atoms with Crippen molar-refractivity contribution in [2.45, 2.75) is 12.8 Å². The van der Waals surface area contributed by atoms with Crippen LogP contribution in [-0.4, -0.2) is 17.3 Å². The largest absolute Gasteiger partial charge is 0.479 e. The van der Waals surface area contributed by atoms with Crippen molar-refractivity contribution in [3.63, 3.8) is 0 Å². The van der Waals surface area contributed by atoms with Gasteiger partial charge in [-0.05, 0) is 18.9 Å². The third-order valence-corrected chi connectivity index (χ3v) is 2.52. The Balaban J connectivity index is 2.09. The van der Waals surface area contributed by atoms with E-state index in [-0.39, 0.29) is 29.7 Å². The quantitative estimate of drug-likeness (QED) is 0.582. The fourth-order valence-corrected chi connectivity index (χ4v) is 1.43. The summed E-state index contributed by atoms with van der Waals surface area (Å²) < 4.78 is 17.9. The standard InChI is InChI=1S/C11H10FNO4/c12-8-3-4-9(13(15)16)11(5-8)17-6-10(14)7-1-2-7/h3-5,7H,1-2,6H2. The number of hydrogen-bond donors (Lipinski definition) is 0. The summed E-state index contributed by atoms with van der Waals surface area (Å²) in [7, 11) is 0. The minimum Gasteiger partial charge on any atom is -0.479 e. The zero-order chi connectivity index (χ0) is 12.4. The predicted octanol–water partition coefficient (Wildman–Crippen LogP) is 2.09. The van der Waals surface area contributed by atoms with Gasteiger partial charge in [-0.1, -0.05) is 0 Å². The SMILES string of the molecule is O=C(COc1cc(F)ccc1[N+](=O)[O-])C1CC1. The van der Waals surface area contributed by atoms with Gasteiger partial charge in [-0.3, -0.25) is 14.9 Å². The van der Waals surface area contributed by atoms with Crippen molar-refractivity contribution in [1.82, 2.24) is 0 Å². The molecule has 5 nitrogen and oxygen atoms in total. The lowest BCUT2D eigenvalue weighted by atomic mass is 10.2. The molecule has 1 aliphatic rings. The Morgan fingerprint density at radius 3 is 2.82 bits per heavy atom. The van der Waals surface area contributed by atoms with Crippen LogP contribution in [-0.2, 0) is 4.79 Å². The van der Waals surface area contributed by atoms with Gasteiger partial charge in [-0.25, -0.2) is 4.39 Å². The van der Waals surface area contributed by atoms with Crippen molar-refractivity contribution in [2.75, 3.05) is 6.61 Å². The maximum atomic E-state index is 12.9. The highest BCUT2D eigenvalue weighted by molar-refractivity contribution is 5.84. The molecule has 0 aromatic heterocycles. The molecule has 0 heterocycles. The molecular formula is C11H10FNO4. The van der Waals surface area contributed by atoms with Crippen molar-refractivity contribution >= 4 is 11.5 Å². The van der Waals surface area contributed by atoms with Crippen LogP contribution in [0.2, 0.25) is 0 Å². The Morgan fingerprint density at radius 1 is 1.53 bits per heavy atom. The van der Waals surface area contributed by atoms with Gasteiger partial charge in [0.25, 0.3) is 0 Å². The highest BCUT2D eigenvalue weighted by atomic mass is 19.1. The number of nitro benzene ring substituents is 1. The number of hydrogen-bond acceptors (Lipinski definition) is 4. The molecule has 90 valence electrons. The molecule has 0 radical (unpaired) electrons. The van der Waals surface area contributed by atoms with E-state index in [2.05, 4.69) is 0 Å². The van der Waals surface area contributed by atoms with E-state index in [0.29, 0.717) is 0 Å². The first kappa shape index (κ1) is 11.5. The van der Waals surface area contributed by atoms with Gasteiger partial charge < -0.3 is 4.74 Å². The van der Waals surface area contributed by atoms with Crippen LogP contribution in [0.5, 0.6) is 5.75 Å². The predicted molar refractivity (Wildman–Crippen MR) is 56.3 cm³/mol. The Kier molecular flexibility index (Phi) is 3.03. The fraction of sp³-hybridized carbons (Fsp3) is 0.364. The maximum absolute atomic E-state index is 12.9. The van der Waals surface area contributed by atoms with Gasteiger partial charge in [-0.15, -0.1) is 0 Å². The zero-order valence-corrected chi connectivity index (χ0v) is 8.89. The summed E-state index contributed by atoms with van der Waals surface area (Å²) >= 11 is 0. The first-order valence-corrected chi connectivity index (χ1v) is 5.17. The van der Waals surface area contributed by atoms with Gasteiger partial charge in [0.15, 0.2) is 11.5 Å². The molecule has 1 aromatic rings. The molecule has 17 heavy (non-hydrogen) atoms. The zero-order valence-electron chi connectivity index (χ0n) is 8.89. The smallest absolute Gasteiger partial charge is 0.311 e. The van der Waals surface area contributed by atoms with Crippen LogP contribution >= 0.6 is 0 Å². The van der Waals surface area contributed by atoms with Gasteiger partial charge in [0.2, 0.25) is 0 Å². The summed E-state index contributed by atoms with van der Waals surface area (Å²) in [5, 5.41) is 10.6. The minimum atomic E-state index is -0.670. The number of nitrogens with zero attached hydrogens (tertiary/aromatic N) is 1. The van der Waals surface area contributed by atoms with Gasteiger partial charge in [0.1, 0.15) is 12.4 Å². The number of Topliss-reactive ketones (excluding diaryl/α,β-unsaturated/α-hetero) is 1. The Labute approximate surface area is 96.3 Å². The summed E-state index contributed by atoms with van der Waals surface area (Å²) in [5.41, 5.74) is -0.338. The van der Waals surface area contributed by atoms with E-state index in [0.717, 1.165) is 31.0 Å². The average Bonchev–Trinajstić information content (AvgIpc) is 3.09. The van der Waals surface area contributed by atoms with Crippen LogP contribution in [0.1, 0.15) is 12.8 Å². The third-order valence-electron chi connectivity index (χ3n) is 2.52. The number of carbonyl (C=O) groups is 1. The summed E-state index contributed by atoms with van der Waals surface area (Å²) in [6, 6.07) is 2.91. The molecule has 0 spiro atoms. The van der Waals surface area contributed by atoms with Crippen LogP contribution in [0.25, 0.3) is 0 Å². The number of carbonyl (C=O) groups excluding carboxylic acids is 1. The molecule has 0 aliphatic heterocycles. The molecular weight excluding hydrogens is 229 g/mol. The molecule has 1 aliphatic carbocycles. The van der Waals surface area contributed by atoms with Gasteiger partial charge in [0, 0.05) is 18.1 Å². The lowest BCUT2D eigenvalue weighted by Gasteiger charge is -2.05. The van der Waals surface area contributed by atoms with Crippen molar-refractivity contribution in [2.24, 2.45) is 5.92 Å². The molecule has 1 saturated carbocycles. The fourth-order valence-electron chi connectivity index (χ4n) is 1.43. The second-order valence-electron chi connectivity index (χ2n) is 3.90. The molecule has 0 unspecified atom stereocenters. The van der Waals surface area contributed by atoms with Crippen LogP contribution in [0, 0.1) is 21.8 Å². The number of halogens is 1. The summed E-state index contributed by atoms with van der Waals surface area (Å²) in [5.74, 6) is -0.917. The Hall–Kier alpha value is -1.98. The van der Waals surface area contributed by atoms with E-state index < -0.39 is 10.7 Å². The molecule has 2 rings (SSSR count). The monoisotopic (exact) mass is 239 g/mol.